The monoisotopic (exact) mass is 1650 g/mol. The Morgan fingerprint density at radius 2 is 0.500 bits per heavy atom. The Bertz CT molecular complexity index is 3850. The average molecular weight is 1650 g/mol. The van der Waals surface area contributed by atoms with Crippen molar-refractivity contribution in [3.05, 3.63) is 281 Å². The van der Waals surface area contributed by atoms with Gasteiger partial charge in [-0.05, 0) is 278 Å². The van der Waals surface area contributed by atoms with Gasteiger partial charge in [0.05, 0.1) is 26.4 Å². The van der Waals surface area contributed by atoms with Crippen LogP contribution >= 0.6 is 0 Å². The number of para-hydroxylation sites is 1. The van der Waals surface area contributed by atoms with E-state index in [2.05, 4.69) is 180 Å². The van der Waals surface area contributed by atoms with Gasteiger partial charge in [-0.25, -0.2) is 0 Å². The van der Waals surface area contributed by atoms with Crippen molar-refractivity contribution < 1.29 is 61.6 Å². The smallest absolute Gasteiger partial charge is 0.197 e. The molecule has 658 valence electrons. The van der Waals surface area contributed by atoms with Crippen LogP contribution in [0.3, 0.4) is 0 Å². The molecule has 12 atom stereocenters. The molecule has 1 fully saturated rings. The quantitative estimate of drug-likeness (QED) is 0.0266. The van der Waals surface area contributed by atoms with Crippen molar-refractivity contribution in [2.24, 2.45) is 5.92 Å². The number of ether oxygens (including phenoxy) is 13. The molecule has 120 heavy (non-hydrogen) atoms. The zero-order valence-electron chi connectivity index (χ0n) is 77.0. The fraction of sp³-hybridized carbons (Fsp3) is 0.495. The second-order valence-electron chi connectivity index (χ2n) is 31.4. The lowest BCUT2D eigenvalue weighted by Gasteiger charge is -2.22. The van der Waals surface area contributed by atoms with E-state index in [9.17, 15) is 0 Å². The molecule has 0 N–H and O–H groups in total. The van der Waals surface area contributed by atoms with Crippen molar-refractivity contribution >= 4 is 0 Å². The topological polar surface area (TPSA) is 120 Å². The highest BCUT2D eigenvalue weighted by Gasteiger charge is 2.17. The van der Waals surface area contributed by atoms with Crippen molar-refractivity contribution in [1.29, 1.82) is 0 Å². The second-order valence-corrected chi connectivity index (χ2v) is 31.4. The van der Waals surface area contributed by atoms with E-state index in [1.54, 1.807) is 0 Å². The van der Waals surface area contributed by atoms with Crippen LogP contribution in [0.2, 0.25) is 0 Å². The van der Waals surface area contributed by atoms with Crippen LogP contribution in [0, 0.1) is 5.92 Å². The van der Waals surface area contributed by atoms with E-state index in [0.29, 0.717) is 75.1 Å². The largest absolute Gasteiger partial charge is 0.491 e. The molecular weight excluding hydrogens is 1490 g/mol. The molecular formula is C107H152O13. The van der Waals surface area contributed by atoms with Gasteiger partial charge in [-0.15, -0.1) is 0 Å². The van der Waals surface area contributed by atoms with E-state index in [4.69, 9.17) is 61.6 Å². The van der Waals surface area contributed by atoms with Crippen molar-refractivity contribution in [3.8, 4) is 40.2 Å². The summed E-state index contributed by atoms with van der Waals surface area (Å²) in [6, 6.07) is 80.1. The Hall–Kier alpha value is -8.66. The first kappa shape index (κ1) is 102. The molecule has 13 nitrogen and oxygen atoms in total. The van der Waals surface area contributed by atoms with Gasteiger partial charge < -0.3 is 61.6 Å². The summed E-state index contributed by atoms with van der Waals surface area (Å²) in [5.74, 6) is 10.5. The van der Waals surface area contributed by atoms with E-state index in [-0.39, 0.29) is 37.7 Å². The molecule has 13 heteroatoms. The van der Waals surface area contributed by atoms with Gasteiger partial charge in [-0.2, -0.15) is 0 Å². The van der Waals surface area contributed by atoms with E-state index >= 15 is 0 Å². The fourth-order valence-electron chi connectivity index (χ4n) is 13.0. The van der Waals surface area contributed by atoms with Crippen molar-refractivity contribution in [2.75, 3.05) is 39.6 Å². The summed E-state index contributed by atoms with van der Waals surface area (Å²) < 4.78 is 73.5. The molecule has 12 unspecified atom stereocenters. The zero-order chi connectivity index (χ0) is 87.1. The summed E-state index contributed by atoms with van der Waals surface area (Å²) in [6.45, 7) is 46.5. The predicted octanol–water partition coefficient (Wildman–Crippen LogP) is 29.2. The van der Waals surface area contributed by atoms with Crippen molar-refractivity contribution in [3.63, 3.8) is 0 Å². The Labute approximate surface area is 726 Å². The molecule has 1 saturated carbocycles. The molecule has 0 aliphatic heterocycles. The summed E-state index contributed by atoms with van der Waals surface area (Å²) in [7, 11) is 0. The normalized spacial score (nSPS) is 14.8. The van der Waals surface area contributed by atoms with E-state index in [1.807, 2.05) is 195 Å². The van der Waals surface area contributed by atoms with Gasteiger partial charge >= 0.3 is 0 Å². The lowest BCUT2D eigenvalue weighted by atomic mass is 9.87. The fourth-order valence-corrected chi connectivity index (χ4v) is 13.0. The van der Waals surface area contributed by atoms with E-state index < -0.39 is 0 Å². The van der Waals surface area contributed by atoms with Gasteiger partial charge in [0.15, 0.2) is 37.7 Å². The summed E-state index contributed by atoms with van der Waals surface area (Å²) in [5.41, 5.74) is 10.6. The van der Waals surface area contributed by atoms with Gasteiger partial charge in [0.1, 0.15) is 46.9 Å². The Balaban J connectivity index is 0.000000258. The predicted molar refractivity (Wildman–Crippen MR) is 497 cm³/mol. The molecule has 0 heterocycles. The number of hydrogen-bond acceptors (Lipinski definition) is 13. The first-order valence-corrected chi connectivity index (χ1v) is 45.1. The van der Waals surface area contributed by atoms with Crippen molar-refractivity contribution in [2.45, 2.75) is 302 Å². The summed E-state index contributed by atoms with van der Waals surface area (Å²) >= 11 is 0. The van der Waals surface area contributed by atoms with E-state index in [0.717, 1.165) is 96.9 Å². The molecule has 1 aliphatic carbocycles. The maximum absolute atomic E-state index is 5.85. The Morgan fingerprint density at radius 3 is 0.792 bits per heavy atom. The molecule has 1 aliphatic rings. The lowest BCUT2D eigenvalue weighted by Crippen LogP contribution is -2.19. The van der Waals surface area contributed by atoms with Crippen molar-refractivity contribution in [1.82, 2.24) is 0 Å². The molecule has 0 radical (unpaired) electrons. The molecule has 9 aromatic rings. The number of rotatable bonds is 44. The molecule has 0 spiro atoms. The first-order valence-electron chi connectivity index (χ1n) is 45.1. The molecule has 0 aromatic heterocycles. The van der Waals surface area contributed by atoms with Gasteiger partial charge in [0.2, 0.25) is 0 Å². The highest BCUT2D eigenvalue weighted by Crippen LogP contribution is 2.31. The minimum absolute atomic E-state index is 0.168. The van der Waals surface area contributed by atoms with Gasteiger partial charge in [0.25, 0.3) is 0 Å². The molecule has 10 rings (SSSR count). The maximum Gasteiger partial charge on any atom is 0.197 e. The average Bonchev–Trinajstić information content (AvgIpc) is 0.925. The standard InChI is InChI=1S/C20H26O3.C20H32O2.C20H26O2.C19H24O2.2C14H22O2/c1-4-16(2)18-10-12-20(13-11-18)23-17(3)21-14-15-22-19-8-6-5-7-9-19;2*1-4-16(2)19-10-12-20(13-11-19)22-17(3)21-15-14-18-8-6-5-7-9-18;1-4-15(2)18-10-12-19(13-11-18)21-16(3)20-14-17-8-6-5-7-9-17;2*1-5-11(3)13-7-9-14(10-8-13)16-12(4)15-6-2/h5-13,16-17H,4,14-15H2,1-3H3;10-13,16-18H,4-9,14-15H2,1-3H3;5-13,16-17H,4,14-15H2,1-3H3;5-13,15-16H,4,14H2,1-3H3;2*7-12H,5-6H2,1-4H3. The van der Waals surface area contributed by atoms with Crippen LogP contribution in [-0.4, -0.2) is 77.4 Å². The Kier molecular flexibility index (Phi) is 51.6. The van der Waals surface area contributed by atoms with Crippen LogP contribution < -0.4 is 33.2 Å². The van der Waals surface area contributed by atoms with Crippen LogP contribution in [0.1, 0.15) is 296 Å². The third-order valence-corrected chi connectivity index (χ3v) is 21.9. The van der Waals surface area contributed by atoms with Crippen LogP contribution in [0.4, 0.5) is 0 Å². The van der Waals surface area contributed by atoms with Gasteiger partial charge in [0, 0.05) is 13.2 Å². The minimum atomic E-state index is -0.302. The zero-order valence-corrected chi connectivity index (χ0v) is 77.0. The molecule has 0 bridgehead atoms. The van der Waals surface area contributed by atoms with Crippen LogP contribution in [-0.2, 0) is 41.4 Å². The first-order chi connectivity index (χ1) is 58.1. The third-order valence-electron chi connectivity index (χ3n) is 21.9. The highest BCUT2D eigenvalue weighted by atomic mass is 16.7. The summed E-state index contributed by atoms with van der Waals surface area (Å²) in [5, 5.41) is 0. The molecule has 0 saturated heterocycles. The summed E-state index contributed by atoms with van der Waals surface area (Å²) in [4.78, 5) is 0. The second kappa shape index (κ2) is 60.8. The highest BCUT2D eigenvalue weighted by molar-refractivity contribution is 5.34. The van der Waals surface area contributed by atoms with Crippen LogP contribution in [0.15, 0.2) is 237 Å². The van der Waals surface area contributed by atoms with Crippen LogP contribution in [0.25, 0.3) is 0 Å². The van der Waals surface area contributed by atoms with Gasteiger partial charge in [-0.3, -0.25) is 0 Å². The number of hydrogen-bond donors (Lipinski definition) is 0. The van der Waals surface area contributed by atoms with Gasteiger partial charge in [-0.1, -0.05) is 267 Å². The maximum atomic E-state index is 5.85. The van der Waals surface area contributed by atoms with E-state index in [1.165, 1.54) is 83.9 Å². The summed E-state index contributed by atoms with van der Waals surface area (Å²) in [6.07, 6.45) is 14.7. The van der Waals surface area contributed by atoms with Crippen LogP contribution in [0.5, 0.6) is 40.2 Å². The SMILES string of the molecule is CCC(C)c1ccc(OC(C)OCCC2CCCCC2)cc1.CCC(C)c1ccc(OC(C)OCCOc2ccccc2)cc1.CCC(C)c1ccc(OC(C)OCCc2ccccc2)cc1.CCC(C)c1ccc(OC(C)OCc2ccccc2)cc1.CCOC(C)Oc1ccc(C(C)CC)cc1.CCOC(C)Oc1ccc(C(C)CC)cc1. The molecule has 9 aromatic carbocycles. The lowest BCUT2D eigenvalue weighted by molar-refractivity contribution is -0.0759. The minimum Gasteiger partial charge on any atom is -0.491 e. The third kappa shape index (κ3) is 42.7. The Morgan fingerprint density at radius 1 is 0.242 bits per heavy atom. The number of benzene rings is 9. The molecule has 0 amide bonds.